The van der Waals surface area contributed by atoms with Crippen LogP contribution < -0.4 is 0 Å². The first-order chi connectivity index (χ1) is 11.3. The topological polar surface area (TPSA) is 64.3 Å². The summed E-state index contributed by atoms with van der Waals surface area (Å²) in [7, 11) is 0. The molecule has 2 saturated carbocycles. The van der Waals surface area contributed by atoms with E-state index in [0.717, 1.165) is 19.1 Å². The van der Waals surface area contributed by atoms with Crippen LogP contribution in [0.3, 0.4) is 0 Å². The number of hydrogen-bond acceptors (Lipinski definition) is 4. The van der Waals surface area contributed by atoms with Gasteiger partial charge < -0.3 is 9.21 Å². The molecule has 2 aliphatic rings. The smallest absolute Gasteiger partial charge is 0.167 e. The van der Waals surface area contributed by atoms with E-state index in [9.17, 15) is 14.4 Å². The van der Waals surface area contributed by atoms with Gasteiger partial charge in [-0.2, -0.15) is 0 Å². The molecule has 0 amide bonds. The fourth-order valence-corrected chi connectivity index (χ4v) is 5.26. The Morgan fingerprint density at radius 2 is 2.12 bits per heavy atom. The summed E-state index contributed by atoms with van der Waals surface area (Å²) in [5.74, 6) is 0.423. The van der Waals surface area contributed by atoms with Crippen LogP contribution in [0.2, 0.25) is 0 Å². The van der Waals surface area contributed by atoms with E-state index in [-0.39, 0.29) is 35.4 Å². The SMILES string of the molecule is C[C@@H]1CC[C@@]2(C)[C@@H](C)C(=O)CC[C@@H]2[C@]1(C=O)CC(=O)c1ccoc1. The highest BCUT2D eigenvalue weighted by molar-refractivity contribution is 5.97. The van der Waals surface area contributed by atoms with E-state index in [2.05, 4.69) is 13.8 Å². The third-order valence-electron chi connectivity index (χ3n) is 7.16. The van der Waals surface area contributed by atoms with Crippen LogP contribution in [0.1, 0.15) is 63.2 Å². The van der Waals surface area contributed by atoms with Crippen LogP contribution in [0.25, 0.3) is 0 Å². The van der Waals surface area contributed by atoms with Gasteiger partial charge in [-0.1, -0.05) is 20.8 Å². The van der Waals surface area contributed by atoms with Gasteiger partial charge in [-0.15, -0.1) is 0 Å². The predicted octanol–water partition coefficient (Wildman–Crippen LogP) is 4.09. The minimum absolute atomic E-state index is 0.0449. The number of furan rings is 1. The van der Waals surface area contributed by atoms with Crippen molar-refractivity contribution in [2.24, 2.45) is 28.6 Å². The van der Waals surface area contributed by atoms with Crippen molar-refractivity contribution in [1.82, 2.24) is 0 Å². The van der Waals surface area contributed by atoms with Crippen LogP contribution in [0, 0.1) is 28.6 Å². The lowest BCUT2D eigenvalue weighted by Crippen LogP contribution is -2.57. The number of ketones is 2. The van der Waals surface area contributed by atoms with E-state index >= 15 is 0 Å². The number of fused-ring (bicyclic) bond motifs is 1. The van der Waals surface area contributed by atoms with Crippen LogP contribution in [-0.4, -0.2) is 17.9 Å². The predicted molar refractivity (Wildman–Crippen MR) is 89.6 cm³/mol. The van der Waals surface area contributed by atoms with Gasteiger partial charge in [0.05, 0.1) is 11.8 Å². The summed E-state index contributed by atoms with van der Waals surface area (Å²) in [5, 5.41) is 0. The summed E-state index contributed by atoms with van der Waals surface area (Å²) in [5.41, 5.74) is -0.355. The van der Waals surface area contributed by atoms with Crippen molar-refractivity contribution in [2.75, 3.05) is 0 Å². The Morgan fingerprint density at radius 3 is 2.75 bits per heavy atom. The number of carbonyl (C=O) groups is 3. The van der Waals surface area contributed by atoms with Crippen molar-refractivity contribution in [3.05, 3.63) is 24.2 Å². The van der Waals surface area contributed by atoms with Crippen molar-refractivity contribution in [3.63, 3.8) is 0 Å². The molecule has 1 aromatic rings. The summed E-state index contributed by atoms with van der Waals surface area (Å²) < 4.78 is 5.02. The molecule has 4 heteroatoms. The molecule has 5 atom stereocenters. The first kappa shape index (κ1) is 17.1. The molecule has 24 heavy (non-hydrogen) atoms. The summed E-state index contributed by atoms with van der Waals surface area (Å²) in [6, 6.07) is 1.65. The molecule has 1 aromatic heterocycles. The fraction of sp³-hybridized carbons (Fsp3) is 0.650. The minimum Gasteiger partial charge on any atom is -0.472 e. The molecule has 0 N–H and O–H groups in total. The van der Waals surface area contributed by atoms with E-state index in [4.69, 9.17) is 4.42 Å². The molecule has 2 aliphatic carbocycles. The third kappa shape index (κ3) is 2.38. The summed E-state index contributed by atoms with van der Waals surface area (Å²) in [6.07, 6.45) is 7.21. The van der Waals surface area contributed by atoms with Crippen molar-refractivity contribution in [2.45, 2.75) is 52.9 Å². The number of rotatable bonds is 4. The quantitative estimate of drug-likeness (QED) is 0.616. The molecule has 3 rings (SSSR count). The Bertz CT molecular complexity index is 647. The standard InChI is InChI=1S/C20H26O4/c1-13-6-8-19(3)14(2)16(22)4-5-18(19)20(13,12-21)10-17(23)15-7-9-24-11-15/h7,9,11-14,18H,4-6,8,10H2,1-3H3/t13-,14+,18+,19+,20+/m1/s1. The van der Waals surface area contributed by atoms with Crippen LogP contribution >= 0.6 is 0 Å². The van der Waals surface area contributed by atoms with Gasteiger partial charge in [0.15, 0.2) is 5.78 Å². The second-order valence-electron chi connectivity index (χ2n) is 8.07. The van der Waals surface area contributed by atoms with Crippen LogP contribution in [0.5, 0.6) is 0 Å². The van der Waals surface area contributed by atoms with E-state index in [1.165, 1.54) is 12.5 Å². The number of hydrogen-bond donors (Lipinski definition) is 0. The van der Waals surface area contributed by atoms with Gasteiger partial charge in [0.1, 0.15) is 18.3 Å². The number of aldehydes is 1. The summed E-state index contributed by atoms with van der Waals surface area (Å²) in [4.78, 5) is 37.3. The van der Waals surface area contributed by atoms with E-state index in [0.29, 0.717) is 24.2 Å². The largest absolute Gasteiger partial charge is 0.472 e. The Balaban J connectivity index is 1.99. The van der Waals surface area contributed by atoms with E-state index in [1.807, 2.05) is 6.92 Å². The highest BCUT2D eigenvalue weighted by Gasteiger charge is 2.59. The molecule has 130 valence electrons. The Labute approximate surface area is 143 Å². The molecule has 0 radical (unpaired) electrons. The summed E-state index contributed by atoms with van der Waals surface area (Å²) in [6.45, 7) is 6.22. The molecule has 0 aromatic carbocycles. The number of Topliss-reactive ketones (excluding diaryl/α,β-unsaturated/α-hetero) is 2. The molecule has 0 unspecified atom stereocenters. The zero-order valence-corrected chi connectivity index (χ0v) is 14.7. The van der Waals surface area contributed by atoms with Crippen molar-refractivity contribution in [1.29, 1.82) is 0 Å². The lowest BCUT2D eigenvalue weighted by Gasteiger charge is -2.58. The molecule has 0 saturated heterocycles. The maximum Gasteiger partial charge on any atom is 0.167 e. The van der Waals surface area contributed by atoms with Gasteiger partial charge in [-0.3, -0.25) is 9.59 Å². The van der Waals surface area contributed by atoms with Gasteiger partial charge in [0.25, 0.3) is 0 Å². The lowest BCUT2D eigenvalue weighted by atomic mass is 9.44. The average Bonchev–Trinajstić information content (AvgIpc) is 3.10. The summed E-state index contributed by atoms with van der Waals surface area (Å²) >= 11 is 0. The van der Waals surface area contributed by atoms with Crippen molar-refractivity contribution >= 4 is 17.9 Å². The zero-order valence-electron chi connectivity index (χ0n) is 14.7. The fourth-order valence-electron chi connectivity index (χ4n) is 5.26. The molecule has 0 spiro atoms. The van der Waals surface area contributed by atoms with Gasteiger partial charge >= 0.3 is 0 Å². The van der Waals surface area contributed by atoms with Crippen LogP contribution in [0.15, 0.2) is 23.0 Å². The molecule has 4 nitrogen and oxygen atoms in total. The van der Waals surface area contributed by atoms with E-state index < -0.39 is 5.41 Å². The number of carbonyl (C=O) groups excluding carboxylic acids is 3. The average molecular weight is 330 g/mol. The van der Waals surface area contributed by atoms with Crippen LogP contribution in [-0.2, 0) is 9.59 Å². The maximum absolute atomic E-state index is 12.7. The monoisotopic (exact) mass is 330 g/mol. The zero-order chi connectivity index (χ0) is 17.5. The normalized spacial score (nSPS) is 39.3. The van der Waals surface area contributed by atoms with Crippen molar-refractivity contribution in [3.8, 4) is 0 Å². The first-order valence-corrected chi connectivity index (χ1v) is 8.89. The highest BCUT2D eigenvalue weighted by Crippen LogP contribution is 2.61. The van der Waals surface area contributed by atoms with E-state index in [1.54, 1.807) is 6.07 Å². The molecular formula is C20H26O4. The lowest BCUT2D eigenvalue weighted by molar-refractivity contribution is -0.155. The molecular weight excluding hydrogens is 304 g/mol. The van der Waals surface area contributed by atoms with Gasteiger partial charge in [-0.25, -0.2) is 0 Å². The first-order valence-electron chi connectivity index (χ1n) is 8.89. The highest BCUT2D eigenvalue weighted by atomic mass is 16.3. The second kappa shape index (κ2) is 5.98. The molecule has 2 fully saturated rings. The van der Waals surface area contributed by atoms with Crippen LogP contribution in [0.4, 0.5) is 0 Å². The van der Waals surface area contributed by atoms with Gasteiger partial charge in [0.2, 0.25) is 0 Å². The Morgan fingerprint density at radius 1 is 1.38 bits per heavy atom. The maximum atomic E-state index is 12.7. The molecule has 0 aliphatic heterocycles. The Kier molecular flexibility index (Phi) is 4.27. The second-order valence-corrected chi connectivity index (χ2v) is 8.07. The molecule has 1 heterocycles. The minimum atomic E-state index is -0.684. The van der Waals surface area contributed by atoms with Crippen molar-refractivity contribution < 1.29 is 18.8 Å². The third-order valence-corrected chi connectivity index (χ3v) is 7.16. The van der Waals surface area contributed by atoms with Gasteiger partial charge in [-0.05, 0) is 42.6 Å². The van der Waals surface area contributed by atoms with Gasteiger partial charge in [0, 0.05) is 24.2 Å². The Hall–Kier alpha value is -1.71. The molecule has 0 bridgehead atoms.